The first-order valence-electron chi connectivity index (χ1n) is 20.0. The van der Waals surface area contributed by atoms with Gasteiger partial charge in [-0.3, -0.25) is 4.79 Å². The van der Waals surface area contributed by atoms with Crippen LogP contribution in [0.3, 0.4) is 0 Å². The normalized spacial score (nSPS) is 27.8. The molecule has 0 radical (unpaired) electrons. The highest BCUT2D eigenvalue weighted by Gasteiger charge is 2.45. The van der Waals surface area contributed by atoms with Crippen molar-refractivity contribution in [2.75, 3.05) is 57.7 Å². The third kappa shape index (κ3) is 9.19. The van der Waals surface area contributed by atoms with E-state index >= 15 is 0 Å². The van der Waals surface area contributed by atoms with Crippen LogP contribution in [0.4, 0.5) is 15.3 Å². The van der Waals surface area contributed by atoms with E-state index in [1.54, 1.807) is 29.2 Å². The fourth-order valence-electron chi connectivity index (χ4n) is 8.75. The van der Waals surface area contributed by atoms with Crippen molar-refractivity contribution in [1.82, 2.24) is 24.9 Å². The number of nitrogens with zero attached hydrogens (tertiary/aromatic N) is 4. The second kappa shape index (κ2) is 17.9. The maximum Gasteiger partial charge on any atom is 0.322 e. The van der Waals surface area contributed by atoms with Gasteiger partial charge in [-0.2, -0.15) is 0 Å². The van der Waals surface area contributed by atoms with Gasteiger partial charge in [0.2, 0.25) is 12.2 Å². The van der Waals surface area contributed by atoms with Crippen molar-refractivity contribution in [1.29, 1.82) is 0 Å². The number of benzene rings is 2. The number of nitrogens with one attached hydrogen (secondary N) is 2. The van der Waals surface area contributed by atoms with E-state index in [4.69, 9.17) is 9.47 Å². The van der Waals surface area contributed by atoms with Gasteiger partial charge in [0.05, 0.1) is 6.61 Å². The number of amides is 5. The topological polar surface area (TPSA) is 188 Å². The number of para-hydroxylation sites is 1. The number of hydrogen-bond donors (Lipinski definition) is 6. The average Bonchev–Trinajstić information content (AvgIpc) is 3.39. The van der Waals surface area contributed by atoms with Crippen molar-refractivity contribution >= 4 is 23.7 Å². The first-order chi connectivity index (χ1) is 26.7. The van der Waals surface area contributed by atoms with E-state index in [0.717, 1.165) is 49.2 Å². The minimum Gasteiger partial charge on any atom is -0.462 e. The molecule has 15 heteroatoms. The first kappa shape index (κ1) is 39.3. The molecule has 300 valence electrons. The summed E-state index contributed by atoms with van der Waals surface area (Å²) < 4.78 is 11.2. The lowest BCUT2D eigenvalue weighted by atomic mass is 9.98. The Balaban J connectivity index is 0.985. The van der Waals surface area contributed by atoms with E-state index in [1.165, 1.54) is 19.3 Å². The molecule has 5 amide bonds. The minimum absolute atomic E-state index is 0.000651. The van der Waals surface area contributed by atoms with Gasteiger partial charge in [0.15, 0.2) is 0 Å². The molecule has 55 heavy (non-hydrogen) atoms. The van der Waals surface area contributed by atoms with Crippen LogP contribution in [0.5, 0.6) is 5.75 Å². The van der Waals surface area contributed by atoms with E-state index in [2.05, 4.69) is 15.5 Å². The van der Waals surface area contributed by atoms with Gasteiger partial charge >= 0.3 is 12.1 Å². The number of aliphatic hydroxyl groups is 4. The minimum atomic E-state index is -1.56. The number of carbonyl (C=O) groups is 3. The highest BCUT2D eigenvalue weighted by atomic mass is 16.7. The van der Waals surface area contributed by atoms with E-state index in [9.17, 15) is 34.8 Å². The Labute approximate surface area is 322 Å². The molecular weight excluding hydrogens is 708 g/mol. The number of urea groups is 2. The summed E-state index contributed by atoms with van der Waals surface area (Å²) in [5, 5.41) is 46.3. The van der Waals surface area contributed by atoms with Gasteiger partial charge in [0.1, 0.15) is 36.2 Å². The molecule has 6 atom stereocenters. The molecule has 0 aliphatic carbocycles. The largest absolute Gasteiger partial charge is 0.462 e. The van der Waals surface area contributed by atoms with Gasteiger partial charge < -0.3 is 60.1 Å². The average molecular weight is 765 g/mol. The molecule has 15 nitrogen and oxygen atoms in total. The summed E-state index contributed by atoms with van der Waals surface area (Å²) in [7, 11) is 0. The number of likely N-dealkylation sites (tertiary alicyclic amines) is 3. The molecule has 0 unspecified atom stereocenters. The number of hydrogen-bond acceptors (Lipinski definition) is 10. The maximum atomic E-state index is 14.2. The maximum absolute atomic E-state index is 14.2. The van der Waals surface area contributed by atoms with Crippen LogP contribution >= 0.6 is 0 Å². The molecule has 0 spiro atoms. The Bertz CT molecular complexity index is 1610. The molecule has 5 aliphatic heterocycles. The van der Waals surface area contributed by atoms with E-state index < -0.39 is 43.4 Å². The van der Waals surface area contributed by atoms with Crippen LogP contribution in [0.1, 0.15) is 56.1 Å². The third-order valence-corrected chi connectivity index (χ3v) is 12.1. The van der Waals surface area contributed by atoms with Crippen LogP contribution in [-0.2, 0) is 22.4 Å². The van der Waals surface area contributed by atoms with Crippen molar-refractivity contribution in [3.63, 3.8) is 0 Å². The first-order valence-corrected chi connectivity index (χ1v) is 20.0. The molecule has 5 aliphatic rings. The van der Waals surface area contributed by atoms with E-state index in [1.807, 2.05) is 34.1 Å². The van der Waals surface area contributed by atoms with Crippen LogP contribution in [0.15, 0.2) is 48.5 Å². The number of ether oxygens (including phenoxy) is 2. The van der Waals surface area contributed by atoms with Gasteiger partial charge in [0.25, 0.3) is 0 Å². The van der Waals surface area contributed by atoms with Crippen LogP contribution in [-0.4, -0.2) is 159 Å². The molecule has 0 saturated carbocycles. The monoisotopic (exact) mass is 764 g/mol. The van der Waals surface area contributed by atoms with Crippen molar-refractivity contribution in [3.05, 3.63) is 59.7 Å². The number of rotatable bonds is 9. The number of fused-ring (bicyclic) bond motifs is 1. The zero-order valence-electron chi connectivity index (χ0n) is 31.4. The summed E-state index contributed by atoms with van der Waals surface area (Å²) in [5.41, 5.74) is 2.72. The number of aliphatic hydroxyl groups excluding tert-OH is 4. The number of carbonyl (C=O) groups excluding carboxylic acids is 3. The summed E-state index contributed by atoms with van der Waals surface area (Å²) in [4.78, 5) is 49.3. The standard InChI is InChI=1S/C40H56N6O9/c47-25-33-34(48)35(49)36(50)38(55-33)54-30-10-8-26(9-11-30)24-32(37(51)44-19-13-28(14-20-44)43-17-4-1-5-18-43)42-39(52)45-21-15-29(16-22-45)46-23-12-27-6-2-3-7-31(27)41-40(46)53/h2-3,6-11,28-29,32-36,38,47-50H,1,4-5,12-25H2,(H,41,53)(H,42,52)/t32-,33-,34-,35+,36-,38-/m1/s1. The Morgan fingerprint density at radius 3 is 2.20 bits per heavy atom. The smallest absolute Gasteiger partial charge is 0.322 e. The van der Waals surface area contributed by atoms with Crippen LogP contribution < -0.4 is 15.4 Å². The van der Waals surface area contributed by atoms with Gasteiger partial charge in [-0.25, -0.2) is 9.59 Å². The zero-order valence-corrected chi connectivity index (χ0v) is 31.4. The molecule has 2 aromatic rings. The fraction of sp³-hybridized carbons (Fsp3) is 0.625. The summed E-state index contributed by atoms with van der Waals surface area (Å²) in [6, 6.07) is 13.9. The van der Waals surface area contributed by atoms with Crippen LogP contribution in [0.2, 0.25) is 0 Å². The second-order valence-corrected chi connectivity index (χ2v) is 15.6. The van der Waals surface area contributed by atoms with Gasteiger partial charge in [-0.05, 0) is 87.4 Å². The summed E-state index contributed by atoms with van der Waals surface area (Å²) in [5.74, 6) is 0.187. The molecule has 0 aromatic heterocycles. The zero-order chi connectivity index (χ0) is 38.5. The molecule has 4 saturated heterocycles. The lowest BCUT2D eigenvalue weighted by molar-refractivity contribution is -0.277. The Morgan fingerprint density at radius 2 is 1.49 bits per heavy atom. The summed E-state index contributed by atoms with van der Waals surface area (Å²) >= 11 is 0. The van der Waals surface area contributed by atoms with Crippen LogP contribution in [0, 0.1) is 0 Å². The molecule has 2 aromatic carbocycles. The Morgan fingerprint density at radius 1 is 0.818 bits per heavy atom. The SMILES string of the molecule is O=C(N[C@H](Cc1ccc(O[C@@H]2O[C@H](CO)[C@@H](O)[C@H](O)[C@H]2O)cc1)C(=O)N1CCC(N2CCCCC2)CC1)N1CCC(N2CCc3ccccc3NC2=O)CC1. The van der Waals surface area contributed by atoms with Crippen molar-refractivity contribution in [3.8, 4) is 5.75 Å². The van der Waals surface area contributed by atoms with Crippen molar-refractivity contribution in [2.24, 2.45) is 0 Å². The fourth-order valence-corrected chi connectivity index (χ4v) is 8.75. The molecular formula is C40H56N6O9. The quantitative estimate of drug-likeness (QED) is 0.219. The lowest BCUT2D eigenvalue weighted by Crippen LogP contribution is -2.60. The Kier molecular flexibility index (Phi) is 12.7. The highest BCUT2D eigenvalue weighted by Crippen LogP contribution is 2.27. The van der Waals surface area contributed by atoms with E-state index in [-0.39, 0.29) is 30.4 Å². The third-order valence-electron chi connectivity index (χ3n) is 12.1. The van der Waals surface area contributed by atoms with Gasteiger partial charge in [0, 0.05) is 56.9 Å². The molecule has 5 heterocycles. The number of piperidine rings is 3. The predicted octanol–water partition coefficient (Wildman–Crippen LogP) is 1.52. The molecule has 4 fully saturated rings. The summed E-state index contributed by atoms with van der Waals surface area (Å²) in [6.45, 7) is 4.44. The van der Waals surface area contributed by atoms with Crippen molar-refractivity contribution in [2.45, 2.75) is 107 Å². The van der Waals surface area contributed by atoms with E-state index in [0.29, 0.717) is 57.4 Å². The summed E-state index contributed by atoms with van der Waals surface area (Å²) in [6.07, 6.45) is 0.764. The van der Waals surface area contributed by atoms with Gasteiger partial charge in [-0.15, -0.1) is 0 Å². The van der Waals surface area contributed by atoms with Gasteiger partial charge in [-0.1, -0.05) is 36.8 Å². The lowest BCUT2D eigenvalue weighted by Gasteiger charge is -2.41. The van der Waals surface area contributed by atoms with Crippen LogP contribution in [0.25, 0.3) is 0 Å². The highest BCUT2D eigenvalue weighted by molar-refractivity contribution is 5.91. The number of anilines is 1. The Hall–Kier alpha value is -3.99. The predicted molar refractivity (Wildman–Crippen MR) is 202 cm³/mol. The second-order valence-electron chi connectivity index (χ2n) is 15.6. The van der Waals surface area contributed by atoms with Crippen molar-refractivity contribution < 1.29 is 44.3 Å². The molecule has 0 bridgehead atoms. The molecule has 6 N–H and O–H groups in total. The molecule has 7 rings (SSSR count).